The molecular formula is C40H40Cl2N4O4. The van der Waals surface area contributed by atoms with Crippen molar-refractivity contribution >= 4 is 29.1 Å². The number of nitrogens with zero attached hydrogens (tertiary/aromatic N) is 3. The van der Waals surface area contributed by atoms with Gasteiger partial charge in [-0.3, -0.25) is 14.6 Å². The van der Waals surface area contributed by atoms with E-state index in [1.54, 1.807) is 14.2 Å². The second kappa shape index (κ2) is 12.2. The highest BCUT2D eigenvalue weighted by Gasteiger charge is 2.51. The summed E-state index contributed by atoms with van der Waals surface area (Å²) in [6.45, 7) is 4.01. The largest absolute Gasteiger partial charge is 0.496 e. The predicted octanol–water partition coefficient (Wildman–Crippen LogP) is 6.88. The standard InChI is InChI=1S/C40H40Cl2N4O4/c1-49-33-15-24(13-22-9-11-31(35(22)33)45-17-25(47)18-45)26-5-3-6-27(37(26)41)28-7-4-8-29(38(28)42)30-14-23-10-12-32(36(23)39(44-30)50-2)46-20-40(21-46)16-34(48)43-19-40/h3-8,13-15,25,31-32,47H,9-12,16-21H2,1-2H3,(H,43,48)/t31-,32+/m0/s1. The average Bonchev–Trinajstić information content (AvgIpc) is 3.82. The molecule has 50 heavy (non-hydrogen) atoms. The molecule has 2 atom stereocenters. The molecule has 1 amide bonds. The molecule has 9 rings (SSSR count). The summed E-state index contributed by atoms with van der Waals surface area (Å²) in [6, 6.07) is 19.1. The second-order valence-corrected chi connectivity index (χ2v) is 15.5. The molecule has 0 saturated carbocycles. The molecule has 0 bridgehead atoms. The lowest BCUT2D eigenvalue weighted by molar-refractivity contribution is -0.121. The Kier molecular flexibility index (Phi) is 7.90. The number of hydrogen-bond acceptors (Lipinski definition) is 7. The Morgan fingerprint density at radius 3 is 2.12 bits per heavy atom. The fourth-order valence-corrected chi connectivity index (χ4v) is 9.95. The van der Waals surface area contributed by atoms with Gasteiger partial charge in [0.15, 0.2) is 0 Å². The molecule has 8 nitrogen and oxygen atoms in total. The number of methoxy groups -OCH3 is 2. The van der Waals surface area contributed by atoms with Crippen LogP contribution in [-0.2, 0) is 17.6 Å². The molecule has 1 spiro atoms. The Hall–Kier alpha value is -3.66. The van der Waals surface area contributed by atoms with E-state index in [1.807, 2.05) is 36.4 Å². The van der Waals surface area contributed by atoms with E-state index in [2.05, 4.69) is 33.3 Å². The number of rotatable bonds is 7. The molecule has 1 aromatic heterocycles. The third-order valence-corrected chi connectivity index (χ3v) is 12.5. The Bertz CT molecular complexity index is 2040. The highest BCUT2D eigenvalue weighted by atomic mass is 35.5. The topological polar surface area (TPSA) is 87.2 Å². The van der Waals surface area contributed by atoms with Crippen LogP contribution in [0.25, 0.3) is 33.5 Å². The molecule has 3 aromatic carbocycles. The van der Waals surface area contributed by atoms with Crippen LogP contribution in [0.4, 0.5) is 0 Å². The molecule has 0 radical (unpaired) electrons. The third kappa shape index (κ3) is 5.14. The summed E-state index contributed by atoms with van der Waals surface area (Å²) in [6.07, 6.45) is 4.28. The van der Waals surface area contributed by atoms with Crippen molar-refractivity contribution < 1.29 is 19.4 Å². The lowest BCUT2D eigenvalue weighted by Gasteiger charge is -2.50. The molecule has 0 unspecified atom stereocenters. The second-order valence-electron chi connectivity index (χ2n) is 14.8. The fourth-order valence-electron chi connectivity index (χ4n) is 9.29. The van der Waals surface area contributed by atoms with Crippen LogP contribution in [0.2, 0.25) is 10.0 Å². The van der Waals surface area contributed by atoms with Gasteiger partial charge < -0.3 is 19.9 Å². The molecule has 4 aromatic rings. The van der Waals surface area contributed by atoms with Gasteiger partial charge in [0.2, 0.25) is 11.8 Å². The Morgan fingerprint density at radius 1 is 0.840 bits per heavy atom. The van der Waals surface area contributed by atoms with Gasteiger partial charge >= 0.3 is 0 Å². The highest BCUT2D eigenvalue weighted by molar-refractivity contribution is 6.39. The first-order valence-electron chi connectivity index (χ1n) is 17.6. The number of pyridine rings is 1. The van der Waals surface area contributed by atoms with Crippen LogP contribution >= 0.6 is 23.2 Å². The number of carbonyl (C=O) groups is 1. The van der Waals surface area contributed by atoms with E-state index in [-0.39, 0.29) is 29.5 Å². The smallest absolute Gasteiger partial charge is 0.220 e. The van der Waals surface area contributed by atoms with E-state index in [0.717, 1.165) is 90.1 Å². The Labute approximate surface area is 302 Å². The maximum atomic E-state index is 11.9. The maximum absolute atomic E-state index is 11.9. The number of β-amino-alcohol motifs (C(OH)–C–C–N with tert-alkyl or cyclic N) is 1. The van der Waals surface area contributed by atoms with E-state index in [9.17, 15) is 9.90 Å². The summed E-state index contributed by atoms with van der Waals surface area (Å²) in [5.41, 5.74) is 10.2. The summed E-state index contributed by atoms with van der Waals surface area (Å²) < 4.78 is 11.9. The van der Waals surface area contributed by atoms with Crippen LogP contribution in [0.3, 0.4) is 0 Å². The summed E-state index contributed by atoms with van der Waals surface area (Å²) in [5, 5.41) is 14.1. The van der Waals surface area contributed by atoms with Crippen molar-refractivity contribution in [3.05, 3.63) is 86.9 Å². The fraction of sp³-hybridized carbons (Fsp3) is 0.400. The number of nitrogens with one attached hydrogen (secondary N) is 1. The lowest BCUT2D eigenvalue weighted by atomic mass is 9.77. The van der Waals surface area contributed by atoms with Crippen molar-refractivity contribution in [1.29, 1.82) is 0 Å². The SMILES string of the molecule is COc1cc(-c2cccc(-c3cccc(-c4cc5c(c(OC)n4)[C@H](N4CC6(CNC(=O)C6)C4)CC5)c3Cl)c2Cl)cc2c1[C@@H](N1CC(O)C1)CC2. The zero-order chi connectivity index (χ0) is 34.3. The summed E-state index contributed by atoms with van der Waals surface area (Å²) in [4.78, 5) is 21.8. The van der Waals surface area contributed by atoms with Gasteiger partial charge in [0.05, 0.1) is 36.1 Å². The molecule has 3 saturated heterocycles. The zero-order valence-electron chi connectivity index (χ0n) is 28.3. The maximum Gasteiger partial charge on any atom is 0.220 e. The minimum atomic E-state index is -0.239. The van der Waals surface area contributed by atoms with Crippen molar-refractivity contribution in [1.82, 2.24) is 20.1 Å². The number of aliphatic hydroxyl groups excluding tert-OH is 1. The van der Waals surface area contributed by atoms with E-state index in [4.69, 9.17) is 37.7 Å². The van der Waals surface area contributed by atoms with Crippen molar-refractivity contribution in [3.8, 4) is 45.1 Å². The van der Waals surface area contributed by atoms with Crippen molar-refractivity contribution in [2.75, 3.05) is 46.9 Å². The van der Waals surface area contributed by atoms with Crippen LogP contribution in [0.5, 0.6) is 11.6 Å². The summed E-state index contributed by atoms with van der Waals surface area (Å²) in [7, 11) is 3.41. The Balaban J connectivity index is 1.03. The minimum absolute atomic E-state index is 0.0712. The average molecular weight is 712 g/mol. The van der Waals surface area contributed by atoms with E-state index >= 15 is 0 Å². The van der Waals surface area contributed by atoms with Crippen LogP contribution in [0.15, 0.2) is 54.6 Å². The van der Waals surface area contributed by atoms with Gasteiger partial charge in [-0.1, -0.05) is 65.7 Å². The number of ether oxygens (including phenoxy) is 2. The number of benzene rings is 3. The van der Waals surface area contributed by atoms with Gasteiger partial charge in [-0.05, 0) is 54.5 Å². The molecule has 4 heterocycles. The van der Waals surface area contributed by atoms with Crippen LogP contribution in [-0.4, -0.2) is 78.8 Å². The normalized spacial score (nSPS) is 22.6. The molecule has 258 valence electrons. The van der Waals surface area contributed by atoms with E-state index in [0.29, 0.717) is 35.4 Å². The minimum Gasteiger partial charge on any atom is -0.496 e. The quantitative estimate of drug-likeness (QED) is 0.216. The number of carbonyl (C=O) groups excluding carboxylic acids is 1. The zero-order valence-corrected chi connectivity index (χ0v) is 29.8. The molecule has 3 aliphatic heterocycles. The van der Waals surface area contributed by atoms with E-state index < -0.39 is 0 Å². The number of fused-ring (bicyclic) bond motifs is 2. The molecule has 2 aliphatic carbocycles. The first kappa shape index (κ1) is 32.3. The highest BCUT2D eigenvalue weighted by Crippen LogP contribution is 2.51. The lowest BCUT2D eigenvalue weighted by Crippen LogP contribution is -2.58. The van der Waals surface area contributed by atoms with Crippen molar-refractivity contribution in [2.45, 2.75) is 50.3 Å². The molecule has 2 N–H and O–H groups in total. The van der Waals surface area contributed by atoms with Crippen molar-refractivity contribution in [2.24, 2.45) is 5.41 Å². The number of aromatic nitrogens is 1. The first-order chi connectivity index (χ1) is 24.3. The molecule has 3 fully saturated rings. The van der Waals surface area contributed by atoms with Crippen LogP contribution < -0.4 is 14.8 Å². The summed E-state index contributed by atoms with van der Waals surface area (Å²) in [5.74, 6) is 1.66. The first-order valence-corrected chi connectivity index (χ1v) is 18.3. The molecular weight excluding hydrogens is 671 g/mol. The van der Waals surface area contributed by atoms with Gasteiger partial charge in [0.1, 0.15) is 5.75 Å². The van der Waals surface area contributed by atoms with Crippen molar-refractivity contribution in [3.63, 3.8) is 0 Å². The van der Waals surface area contributed by atoms with Gasteiger partial charge in [-0.2, -0.15) is 0 Å². The van der Waals surface area contributed by atoms with Gasteiger partial charge in [-0.25, -0.2) is 4.98 Å². The Morgan fingerprint density at radius 2 is 1.48 bits per heavy atom. The number of aryl methyl sites for hydroxylation is 2. The van der Waals surface area contributed by atoms with Gasteiger partial charge in [0, 0.05) is 90.0 Å². The van der Waals surface area contributed by atoms with Crippen LogP contribution in [0.1, 0.15) is 53.6 Å². The number of aliphatic hydroxyl groups is 1. The van der Waals surface area contributed by atoms with Gasteiger partial charge in [0.25, 0.3) is 0 Å². The van der Waals surface area contributed by atoms with Crippen LogP contribution in [0, 0.1) is 5.41 Å². The molecule has 5 aliphatic rings. The molecule has 10 heteroatoms. The predicted molar refractivity (Wildman–Crippen MR) is 195 cm³/mol. The number of halogens is 2. The van der Waals surface area contributed by atoms with E-state index in [1.165, 1.54) is 16.7 Å². The third-order valence-electron chi connectivity index (χ3n) is 11.7. The monoisotopic (exact) mass is 710 g/mol. The summed E-state index contributed by atoms with van der Waals surface area (Å²) >= 11 is 14.5. The number of hydrogen-bond donors (Lipinski definition) is 2. The number of likely N-dealkylation sites (tertiary alicyclic amines) is 2. The van der Waals surface area contributed by atoms with Gasteiger partial charge in [-0.15, -0.1) is 0 Å². The number of amides is 1.